The van der Waals surface area contributed by atoms with Gasteiger partial charge in [-0.2, -0.15) is 5.10 Å². The summed E-state index contributed by atoms with van der Waals surface area (Å²) in [6, 6.07) is 20.5. The van der Waals surface area contributed by atoms with Crippen LogP contribution in [0.2, 0.25) is 0 Å². The minimum Gasteiger partial charge on any atom is -0.490 e. The molecule has 0 aliphatic heterocycles. The van der Waals surface area contributed by atoms with Crippen LogP contribution in [0.3, 0.4) is 0 Å². The molecule has 0 saturated heterocycles. The van der Waals surface area contributed by atoms with Gasteiger partial charge in [-0.1, -0.05) is 30.3 Å². The molecule has 2 saturated carbocycles. The predicted octanol–water partition coefficient (Wildman–Crippen LogP) is 5.42. The van der Waals surface area contributed by atoms with Crippen LogP contribution >= 0.6 is 0 Å². The van der Waals surface area contributed by atoms with Crippen molar-refractivity contribution in [3.63, 3.8) is 0 Å². The second-order valence-electron chi connectivity index (χ2n) is 12.2. The lowest BCUT2D eigenvalue weighted by atomic mass is 9.53. The number of rotatable bonds is 10. The monoisotopic (exact) mass is 555 g/mol. The van der Waals surface area contributed by atoms with E-state index in [-0.39, 0.29) is 30.1 Å². The van der Waals surface area contributed by atoms with E-state index >= 15 is 0 Å². The first-order chi connectivity index (χ1) is 19.7. The third-order valence-electron chi connectivity index (χ3n) is 8.07. The zero-order chi connectivity index (χ0) is 28.6. The molecule has 2 aromatic carbocycles. The zero-order valence-corrected chi connectivity index (χ0v) is 23.8. The molecule has 2 N–H and O–H groups in total. The molecular weight excluding hydrogens is 518 g/mol. The zero-order valence-electron chi connectivity index (χ0n) is 23.8. The summed E-state index contributed by atoms with van der Waals surface area (Å²) in [4.78, 5) is 13.0. The standard InChI is InChI=1S/C33H37N3O5/c1-32(2,38)21-40-27-11-12-30-29(18-34-36(30)19-27)31(37)35-25-14-33(15-25)16-28(17-33)41-26-9-7-23(8-10-26)24-6-4-5-22(13-24)20-39-3/h4-13,18-19,25,28,38H,14-17,20-21H2,1-3H3,(H,35,37). The van der Waals surface area contributed by atoms with Gasteiger partial charge in [0.1, 0.15) is 18.1 Å². The fourth-order valence-corrected chi connectivity index (χ4v) is 6.08. The van der Waals surface area contributed by atoms with E-state index in [0.29, 0.717) is 17.9 Å². The fourth-order valence-electron chi connectivity index (χ4n) is 6.08. The van der Waals surface area contributed by atoms with Gasteiger partial charge in [-0.25, -0.2) is 4.52 Å². The lowest BCUT2D eigenvalue weighted by Gasteiger charge is -2.57. The fraction of sp³-hybridized carbons (Fsp3) is 0.394. The number of methoxy groups -OCH3 is 1. The number of carbonyl (C=O) groups is 1. The molecule has 8 heteroatoms. The van der Waals surface area contributed by atoms with Crippen molar-refractivity contribution in [1.29, 1.82) is 0 Å². The third-order valence-corrected chi connectivity index (χ3v) is 8.07. The van der Waals surface area contributed by atoms with Crippen molar-refractivity contribution in [3.8, 4) is 22.6 Å². The van der Waals surface area contributed by atoms with Gasteiger partial charge in [0, 0.05) is 13.2 Å². The molecule has 1 spiro atoms. The summed E-state index contributed by atoms with van der Waals surface area (Å²) in [6.45, 7) is 4.14. The van der Waals surface area contributed by atoms with E-state index in [0.717, 1.165) is 48.1 Å². The average Bonchev–Trinajstić information content (AvgIpc) is 3.33. The maximum absolute atomic E-state index is 13.0. The predicted molar refractivity (Wildman–Crippen MR) is 156 cm³/mol. The highest BCUT2D eigenvalue weighted by molar-refractivity contribution is 6.00. The number of carbonyl (C=O) groups excluding carboxylic acids is 1. The molecule has 0 unspecified atom stereocenters. The Morgan fingerprint density at radius 2 is 1.80 bits per heavy atom. The van der Waals surface area contributed by atoms with Crippen LogP contribution in [0, 0.1) is 5.41 Å². The highest BCUT2D eigenvalue weighted by Crippen LogP contribution is 2.56. The van der Waals surface area contributed by atoms with E-state index in [2.05, 4.69) is 46.8 Å². The number of benzene rings is 2. The Balaban J connectivity index is 0.971. The molecule has 0 radical (unpaired) electrons. The first-order valence-electron chi connectivity index (χ1n) is 14.2. The van der Waals surface area contributed by atoms with Gasteiger partial charge in [0.25, 0.3) is 5.91 Å². The minimum atomic E-state index is -0.930. The Labute approximate surface area is 240 Å². The first kappa shape index (κ1) is 27.3. The second-order valence-corrected chi connectivity index (χ2v) is 12.2. The smallest absolute Gasteiger partial charge is 0.255 e. The second kappa shape index (κ2) is 10.8. The number of hydrogen-bond acceptors (Lipinski definition) is 6. The van der Waals surface area contributed by atoms with Gasteiger partial charge in [-0.05, 0) is 92.0 Å². The maximum atomic E-state index is 13.0. The molecule has 8 nitrogen and oxygen atoms in total. The summed E-state index contributed by atoms with van der Waals surface area (Å²) >= 11 is 0. The molecule has 0 atom stereocenters. The van der Waals surface area contributed by atoms with E-state index in [9.17, 15) is 9.90 Å². The molecule has 0 bridgehead atoms. The molecule has 214 valence electrons. The number of fused-ring (bicyclic) bond motifs is 1. The molecule has 2 aliphatic rings. The number of pyridine rings is 1. The van der Waals surface area contributed by atoms with Crippen molar-refractivity contribution in [2.45, 2.75) is 63.9 Å². The van der Waals surface area contributed by atoms with Gasteiger partial charge >= 0.3 is 0 Å². The van der Waals surface area contributed by atoms with Crippen LogP contribution in [0.1, 0.15) is 55.5 Å². The van der Waals surface area contributed by atoms with Crippen molar-refractivity contribution in [3.05, 3.63) is 84.2 Å². The van der Waals surface area contributed by atoms with Gasteiger partial charge in [0.2, 0.25) is 0 Å². The van der Waals surface area contributed by atoms with E-state index in [1.807, 2.05) is 18.2 Å². The largest absolute Gasteiger partial charge is 0.490 e. The van der Waals surface area contributed by atoms with Crippen LogP contribution in [-0.2, 0) is 11.3 Å². The van der Waals surface area contributed by atoms with Crippen molar-refractivity contribution in [1.82, 2.24) is 14.9 Å². The number of amides is 1. The molecular formula is C33H37N3O5. The van der Waals surface area contributed by atoms with E-state index in [1.165, 1.54) is 5.56 Å². The molecule has 2 heterocycles. The molecule has 4 aromatic rings. The summed E-state index contributed by atoms with van der Waals surface area (Å²) in [7, 11) is 1.71. The topological polar surface area (TPSA) is 94.3 Å². The summed E-state index contributed by atoms with van der Waals surface area (Å²) in [5, 5.41) is 17.4. The third kappa shape index (κ3) is 6.09. The van der Waals surface area contributed by atoms with E-state index in [1.54, 1.807) is 43.9 Å². The van der Waals surface area contributed by atoms with Gasteiger partial charge in [-0.3, -0.25) is 4.79 Å². The molecule has 2 aliphatic carbocycles. The summed E-state index contributed by atoms with van der Waals surface area (Å²) in [6.07, 6.45) is 7.52. The first-order valence-corrected chi connectivity index (χ1v) is 14.2. The van der Waals surface area contributed by atoms with Crippen molar-refractivity contribution < 1.29 is 24.1 Å². The maximum Gasteiger partial charge on any atom is 0.255 e. The van der Waals surface area contributed by atoms with Crippen LogP contribution < -0.4 is 14.8 Å². The summed E-state index contributed by atoms with van der Waals surface area (Å²) < 4.78 is 18.8. The van der Waals surface area contributed by atoms with E-state index in [4.69, 9.17) is 14.2 Å². The summed E-state index contributed by atoms with van der Waals surface area (Å²) in [5.41, 5.74) is 4.09. The number of hydrogen-bond donors (Lipinski definition) is 2. The van der Waals surface area contributed by atoms with Crippen LogP contribution in [-0.4, -0.2) is 52.1 Å². The molecule has 1 amide bonds. The van der Waals surface area contributed by atoms with Gasteiger partial charge in [0.05, 0.1) is 41.8 Å². The molecule has 41 heavy (non-hydrogen) atoms. The molecule has 2 fully saturated rings. The lowest BCUT2D eigenvalue weighted by molar-refractivity contribution is -0.0833. The van der Waals surface area contributed by atoms with Gasteiger partial charge in [-0.15, -0.1) is 0 Å². The number of nitrogens with zero attached hydrogens (tertiary/aromatic N) is 2. The van der Waals surface area contributed by atoms with Crippen LogP contribution in [0.15, 0.2) is 73.1 Å². The number of aromatic nitrogens is 2. The van der Waals surface area contributed by atoms with E-state index < -0.39 is 5.60 Å². The quantitative estimate of drug-likeness (QED) is 0.272. The Hall–Kier alpha value is -3.88. The Morgan fingerprint density at radius 3 is 2.54 bits per heavy atom. The highest BCUT2D eigenvalue weighted by Gasteiger charge is 2.54. The normalized spacial score (nSPS) is 21.8. The Morgan fingerprint density at radius 1 is 1.05 bits per heavy atom. The van der Waals surface area contributed by atoms with Crippen LogP contribution in [0.25, 0.3) is 16.6 Å². The summed E-state index contributed by atoms with van der Waals surface area (Å²) in [5.74, 6) is 1.37. The van der Waals surface area contributed by atoms with Gasteiger partial charge in [0.15, 0.2) is 0 Å². The van der Waals surface area contributed by atoms with Crippen LogP contribution in [0.4, 0.5) is 0 Å². The number of ether oxygens (including phenoxy) is 3. The Bertz CT molecular complexity index is 1520. The number of aliphatic hydroxyl groups is 1. The van der Waals surface area contributed by atoms with Crippen LogP contribution in [0.5, 0.6) is 11.5 Å². The SMILES string of the molecule is COCc1cccc(-c2ccc(OC3CC4(CC(NC(=O)c5cnn6cc(OCC(C)(C)O)ccc56)C4)C3)cc2)c1. The molecule has 2 aromatic heterocycles. The average molecular weight is 556 g/mol. The minimum absolute atomic E-state index is 0.106. The van der Waals surface area contributed by atoms with Crippen molar-refractivity contribution in [2.75, 3.05) is 13.7 Å². The van der Waals surface area contributed by atoms with Crippen molar-refractivity contribution >= 4 is 11.4 Å². The number of nitrogens with one attached hydrogen (secondary N) is 1. The van der Waals surface area contributed by atoms with Crippen molar-refractivity contribution in [2.24, 2.45) is 5.41 Å². The molecule has 6 rings (SSSR count). The highest BCUT2D eigenvalue weighted by atomic mass is 16.5. The Kier molecular flexibility index (Phi) is 7.21. The van der Waals surface area contributed by atoms with Gasteiger partial charge < -0.3 is 24.6 Å². The lowest BCUT2D eigenvalue weighted by Crippen LogP contribution is -2.58.